The fourth-order valence-corrected chi connectivity index (χ4v) is 0.612. The summed E-state index contributed by atoms with van der Waals surface area (Å²) in [5, 5.41) is 17.8. The van der Waals surface area contributed by atoms with E-state index in [1.54, 1.807) is 0 Å². The minimum atomic E-state index is -0.160. The van der Waals surface area contributed by atoms with Crippen LogP contribution in [0.4, 0.5) is 11.4 Å². The molecule has 0 radical (unpaired) electrons. The SMILES string of the molecule is Cl.Nc1cc(N)c(O)cc1O. The molecule has 0 saturated heterocycles. The van der Waals surface area contributed by atoms with E-state index in [9.17, 15) is 0 Å². The van der Waals surface area contributed by atoms with Crippen molar-refractivity contribution >= 4 is 23.8 Å². The van der Waals surface area contributed by atoms with Gasteiger partial charge in [-0.3, -0.25) is 0 Å². The molecule has 0 aliphatic heterocycles. The average molecular weight is 177 g/mol. The van der Waals surface area contributed by atoms with Crippen LogP contribution in [0.3, 0.4) is 0 Å². The van der Waals surface area contributed by atoms with Gasteiger partial charge in [-0.25, -0.2) is 0 Å². The molecular weight excluding hydrogens is 168 g/mol. The van der Waals surface area contributed by atoms with Gasteiger partial charge in [-0.1, -0.05) is 0 Å². The molecule has 0 aromatic heterocycles. The second-order valence-electron chi connectivity index (χ2n) is 1.97. The van der Waals surface area contributed by atoms with Crippen LogP contribution in [0.5, 0.6) is 11.5 Å². The van der Waals surface area contributed by atoms with E-state index in [1.807, 2.05) is 0 Å². The molecule has 0 aliphatic rings. The molecule has 0 unspecified atom stereocenters. The average Bonchev–Trinajstić information content (AvgIpc) is 1.84. The number of hydrogen-bond donors (Lipinski definition) is 4. The fourth-order valence-electron chi connectivity index (χ4n) is 0.612. The Morgan fingerprint density at radius 2 is 1.27 bits per heavy atom. The summed E-state index contributed by atoms with van der Waals surface area (Å²) in [7, 11) is 0. The van der Waals surface area contributed by atoms with Gasteiger partial charge in [-0.05, 0) is 6.07 Å². The van der Waals surface area contributed by atoms with E-state index in [-0.39, 0.29) is 35.3 Å². The first-order valence-corrected chi connectivity index (χ1v) is 2.68. The third-order valence-electron chi connectivity index (χ3n) is 1.18. The molecule has 6 N–H and O–H groups in total. The van der Waals surface area contributed by atoms with Crippen LogP contribution in [0.2, 0.25) is 0 Å². The summed E-state index contributed by atoms with van der Waals surface area (Å²) < 4.78 is 0. The summed E-state index contributed by atoms with van der Waals surface area (Å²) >= 11 is 0. The van der Waals surface area contributed by atoms with Gasteiger partial charge < -0.3 is 21.7 Å². The van der Waals surface area contributed by atoms with Crippen molar-refractivity contribution in [2.45, 2.75) is 0 Å². The van der Waals surface area contributed by atoms with E-state index in [1.165, 1.54) is 6.07 Å². The predicted molar refractivity (Wildman–Crippen MR) is 45.8 cm³/mol. The van der Waals surface area contributed by atoms with Crippen molar-refractivity contribution in [1.29, 1.82) is 0 Å². The Kier molecular flexibility index (Phi) is 2.83. The Bertz CT molecular complexity index is 215. The largest absolute Gasteiger partial charge is 0.506 e. The highest BCUT2D eigenvalue weighted by atomic mass is 35.5. The second-order valence-corrected chi connectivity index (χ2v) is 1.97. The van der Waals surface area contributed by atoms with Crippen molar-refractivity contribution < 1.29 is 10.2 Å². The maximum Gasteiger partial charge on any atom is 0.142 e. The minimum absolute atomic E-state index is 0. The molecule has 0 bridgehead atoms. The van der Waals surface area contributed by atoms with Crippen molar-refractivity contribution in [3.63, 3.8) is 0 Å². The molecule has 11 heavy (non-hydrogen) atoms. The highest BCUT2D eigenvalue weighted by Crippen LogP contribution is 2.30. The van der Waals surface area contributed by atoms with Gasteiger partial charge in [0, 0.05) is 6.07 Å². The number of nitrogen functional groups attached to an aromatic ring is 2. The molecule has 62 valence electrons. The minimum Gasteiger partial charge on any atom is -0.506 e. The Morgan fingerprint density at radius 1 is 0.909 bits per heavy atom. The molecule has 0 aliphatic carbocycles. The number of aromatic hydroxyl groups is 2. The van der Waals surface area contributed by atoms with Crippen LogP contribution in [-0.2, 0) is 0 Å². The first kappa shape index (κ1) is 9.71. The van der Waals surface area contributed by atoms with E-state index in [0.29, 0.717) is 0 Å². The van der Waals surface area contributed by atoms with E-state index in [0.717, 1.165) is 6.07 Å². The van der Waals surface area contributed by atoms with Gasteiger partial charge in [0.25, 0.3) is 0 Å². The Balaban J connectivity index is 0.000001000. The summed E-state index contributed by atoms with van der Waals surface area (Å²) in [4.78, 5) is 0. The third-order valence-corrected chi connectivity index (χ3v) is 1.18. The number of hydrogen-bond acceptors (Lipinski definition) is 4. The molecule has 0 spiro atoms. The van der Waals surface area contributed by atoms with E-state index >= 15 is 0 Å². The number of anilines is 2. The third kappa shape index (κ3) is 1.81. The van der Waals surface area contributed by atoms with E-state index < -0.39 is 0 Å². The van der Waals surface area contributed by atoms with Gasteiger partial charge >= 0.3 is 0 Å². The van der Waals surface area contributed by atoms with Crippen LogP contribution in [0.15, 0.2) is 12.1 Å². The topological polar surface area (TPSA) is 92.5 Å². The molecule has 0 saturated carbocycles. The quantitative estimate of drug-likeness (QED) is 0.266. The van der Waals surface area contributed by atoms with Crippen molar-refractivity contribution in [2.75, 3.05) is 11.5 Å². The normalized spacial score (nSPS) is 8.73. The van der Waals surface area contributed by atoms with Gasteiger partial charge in [-0.15, -0.1) is 12.4 Å². The van der Waals surface area contributed by atoms with Crippen LogP contribution < -0.4 is 11.5 Å². The molecule has 0 atom stereocenters. The van der Waals surface area contributed by atoms with Crippen molar-refractivity contribution in [1.82, 2.24) is 0 Å². The number of nitrogens with two attached hydrogens (primary N) is 2. The summed E-state index contributed by atoms with van der Waals surface area (Å²) in [5.41, 5.74) is 10.8. The monoisotopic (exact) mass is 176 g/mol. The number of benzene rings is 1. The first-order valence-electron chi connectivity index (χ1n) is 2.68. The zero-order valence-corrected chi connectivity index (χ0v) is 6.43. The summed E-state index contributed by atoms with van der Waals surface area (Å²) in [6, 6.07) is 2.40. The van der Waals surface area contributed by atoms with Gasteiger partial charge in [0.15, 0.2) is 0 Å². The highest BCUT2D eigenvalue weighted by molar-refractivity contribution is 5.85. The zero-order valence-electron chi connectivity index (χ0n) is 5.61. The number of rotatable bonds is 0. The number of halogens is 1. The molecule has 5 heteroatoms. The summed E-state index contributed by atoms with van der Waals surface area (Å²) in [5.74, 6) is -0.321. The molecule has 1 rings (SSSR count). The smallest absolute Gasteiger partial charge is 0.142 e. The van der Waals surface area contributed by atoms with E-state index in [4.69, 9.17) is 21.7 Å². The Labute approximate surface area is 69.9 Å². The first-order chi connectivity index (χ1) is 4.61. The predicted octanol–water partition coefficient (Wildman–Crippen LogP) is 0.684. The molecule has 0 amide bonds. The zero-order chi connectivity index (χ0) is 7.72. The lowest BCUT2D eigenvalue weighted by Crippen LogP contribution is -1.90. The molecule has 1 aromatic rings. The maximum atomic E-state index is 8.88. The molecular formula is C6H9ClN2O2. The van der Waals surface area contributed by atoms with Crippen LogP contribution in [0, 0.1) is 0 Å². The molecule has 1 aromatic carbocycles. The fraction of sp³-hybridized carbons (Fsp3) is 0. The summed E-state index contributed by atoms with van der Waals surface area (Å²) in [6.45, 7) is 0. The van der Waals surface area contributed by atoms with Crippen LogP contribution in [0.25, 0.3) is 0 Å². The summed E-state index contributed by atoms with van der Waals surface area (Å²) in [6.07, 6.45) is 0. The lowest BCUT2D eigenvalue weighted by Gasteiger charge is -2.01. The van der Waals surface area contributed by atoms with Crippen molar-refractivity contribution in [3.05, 3.63) is 12.1 Å². The molecule has 0 fully saturated rings. The van der Waals surface area contributed by atoms with E-state index in [2.05, 4.69) is 0 Å². The van der Waals surface area contributed by atoms with Gasteiger partial charge in [-0.2, -0.15) is 0 Å². The molecule has 0 heterocycles. The standard InChI is InChI=1S/C6H8N2O2.ClH/c7-3-1-4(8)6(10)2-5(3)9;/h1-2,9-10H,7-8H2;1H. The van der Waals surface area contributed by atoms with Gasteiger partial charge in [0.2, 0.25) is 0 Å². The van der Waals surface area contributed by atoms with Crippen LogP contribution in [-0.4, -0.2) is 10.2 Å². The van der Waals surface area contributed by atoms with Crippen LogP contribution in [0.1, 0.15) is 0 Å². The highest BCUT2D eigenvalue weighted by Gasteiger charge is 2.01. The molecule has 4 nitrogen and oxygen atoms in total. The lowest BCUT2D eigenvalue weighted by atomic mass is 10.2. The van der Waals surface area contributed by atoms with Crippen molar-refractivity contribution in [2.24, 2.45) is 0 Å². The number of phenolic OH excluding ortho intramolecular Hbond substituents is 2. The number of phenols is 2. The second kappa shape index (κ2) is 3.21. The van der Waals surface area contributed by atoms with Crippen LogP contribution >= 0.6 is 12.4 Å². The Hall–Kier alpha value is -1.29. The Morgan fingerprint density at radius 3 is 1.55 bits per heavy atom. The maximum absolute atomic E-state index is 8.88. The van der Waals surface area contributed by atoms with Gasteiger partial charge in [0.05, 0.1) is 11.4 Å². The lowest BCUT2D eigenvalue weighted by molar-refractivity contribution is 0.454. The van der Waals surface area contributed by atoms with Crippen molar-refractivity contribution in [3.8, 4) is 11.5 Å². The van der Waals surface area contributed by atoms with Gasteiger partial charge in [0.1, 0.15) is 11.5 Å².